The zero-order valence-electron chi connectivity index (χ0n) is 11.1. The summed E-state index contributed by atoms with van der Waals surface area (Å²) in [7, 11) is 0. The lowest BCUT2D eigenvalue weighted by molar-refractivity contribution is 0.0697. The first-order valence-electron chi connectivity index (χ1n) is 6.44. The van der Waals surface area contributed by atoms with Crippen molar-refractivity contribution in [2.45, 2.75) is 0 Å². The lowest BCUT2D eigenvalue weighted by Gasteiger charge is -1.96. The average Bonchev–Trinajstić information content (AvgIpc) is 3.10. The van der Waals surface area contributed by atoms with Crippen LogP contribution in [0, 0.1) is 0 Å². The van der Waals surface area contributed by atoms with Gasteiger partial charge in [0, 0.05) is 21.7 Å². The number of carbonyl (C=O) groups is 1. The smallest absolute Gasteiger partial charge is 0.335 e. The van der Waals surface area contributed by atoms with E-state index in [4.69, 9.17) is 5.11 Å². The largest absolute Gasteiger partial charge is 0.478 e. The Labute approximate surface area is 127 Å². The molecule has 0 radical (unpaired) electrons. The van der Waals surface area contributed by atoms with Gasteiger partial charge in [-0.05, 0) is 18.2 Å². The van der Waals surface area contributed by atoms with Crippen LogP contribution in [0.2, 0.25) is 0 Å². The highest BCUT2D eigenvalue weighted by atomic mass is 32.1. The number of nitrogens with one attached hydrogen (secondary N) is 2. The van der Waals surface area contributed by atoms with Crippen molar-refractivity contribution in [1.29, 1.82) is 0 Å². The number of benzene rings is 1. The van der Waals surface area contributed by atoms with Crippen molar-refractivity contribution >= 4 is 39.2 Å². The molecule has 3 N–H and O–H groups in total. The molecule has 0 saturated heterocycles. The fourth-order valence-corrected chi connectivity index (χ4v) is 3.09. The first-order valence-corrected chi connectivity index (χ1v) is 7.39. The molecule has 0 atom stereocenters. The third kappa shape index (κ3) is 1.91. The van der Waals surface area contributed by atoms with Crippen molar-refractivity contribution in [2.75, 3.05) is 0 Å². The Bertz CT molecular complexity index is 1090. The number of H-pyrrole nitrogens is 2. The van der Waals surface area contributed by atoms with Crippen molar-refractivity contribution in [2.24, 2.45) is 0 Å². The van der Waals surface area contributed by atoms with E-state index in [-0.39, 0.29) is 11.1 Å². The molecule has 22 heavy (non-hydrogen) atoms. The van der Waals surface area contributed by atoms with E-state index < -0.39 is 5.97 Å². The number of aromatic nitrogens is 3. The van der Waals surface area contributed by atoms with E-state index in [0.29, 0.717) is 22.4 Å². The highest BCUT2D eigenvalue weighted by molar-refractivity contribution is 7.09. The summed E-state index contributed by atoms with van der Waals surface area (Å²) in [4.78, 5) is 33.4. The second-order valence-electron chi connectivity index (χ2n) is 4.88. The van der Waals surface area contributed by atoms with Gasteiger partial charge in [0.15, 0.2) is 5.69 Å². The van der Waals surface area contributed by atoms with Gasteiger partial charge >= 0.3 is 5.97 Å². The van der Waals surface area contributed by atoms with Crippen molar-refractivity contribution in [3.05, 3.63) is 50.9 Å². The van der Waals surface area contributed by atoms with E-state index in [1.807, 2.05) is 10.8 Å². The van der Waals surface area contributed by atoms with Gasteiger partial charge in [0.1, 0.15) is 0 Å². The van der Waals surface area contributed by atoms with Crippen LogP contribution in [-0.2, 0) is 0 Å². The molecule has 7 heteroatoms. The minimum Gasteiger partial charge on any atom is -0.478 e. The van der Waals surface area contributed by atoms with Crippen LogP contribution >= 0.6 is 11.3 Å². The minimum atomic E-state index is -0.992. The Hall–Kier alpha value is -2.93. The Morgan fingerprint density at radius 2 is 2.00 bits per heavy atom. The average molecular weight is 311 g/mol. The van der Waals surface area contributed by atoms with Crippen LogP contribution in [0.5, 0.6) is 0 Å². The lowest BCUT2D eigenvalue weighted by atomic mass is 10.1. The first-order chi connectivity index (χ1) is 10.6. The number of nitrogens with zero attached hydrogens (tertiary/aromatic N) is 1. The molecule has 0 aliphatic rings. The predicted octanol–water partition coefficient (Wildman–Crippen LogP) is 2.83. The highest BCUT2D eigenvalue weighted by Gasteiger charge is 2.12. The third-order valence-corrected chi connectivity index (χ3v) is 4.19. The van der Waals surface area contributed by atoms with Gasteiger partial charge in [-0.15, -0.1) is 11.3 Å². The molecular weight excluding hydrogens is 302 g/mol. The standard InChI is InChI=1S/C15H9N3O3S/c19-14-13(17-11-5-22-6-12(11)18-14)10-3-7-1-2-8(15(20)21)4-9(7)16-10/h1-6,16H,(H,18,19)(H,20,21). The maximum Gasteiger partial charge on any atom is 0.335 e. The Morgan fingerprint density at radius 3 is 2.82 bits per heavy atom. The van der Waals surface area contributed by atoms with Gasteiger partial charge in [0.25, 0.3) is 5.56 Å². The molecule has 0 amide bonds. The molecule has 1 aromatic carbocycles. The molecule has 0 spiro atoms. The zero-order chi connectivity index (χ0) is 15.3. The minimum absolute atomic E-state index is 0.191. The molecule has 108 valence electrons. The summed E-state index contributed by atoms with van der Waals surface area (Å²) in [6.45, 7) is 0. The molecule has 0 aliphatic heterocycles. The van der Waals surface area contributed by atoms with E-state index in [0.717, 1.165) is 10.9 Å². The number of carboxylic acids is 1. The molecule has 6 nitrogen and oxygen atoms in total. The molecule has 0 fully saturated rings. The molecule has 4 aromatic rings. The van der Waals surface area contributed by atoms with Crippen LogP contribution in [0.25, 0.3) is 33.3 Å². The van der Waals surface area contributed by atoms with Gasteiger partial charge in [-0.3, -0.25) is 4.79 Å². The fraction of sp³-hybridized carbons (Fsp3) is 0. The van der Waals surface area contributed by atoms with Crippen LogP contribution in [0.4, 0.5) is 0 Å². The van der Waals surface area contributed by atoms with Gasteiger partial charge in [0.2, 0.25) is 0 Å². The van der Waals surface area contributed by atoms with Gasteiger partial charge in [0.05, 0.1) is 22.3 Å². The summed E-state index contributed by atoms with van der Waals surface area (Å²) in [5, 5.41) is 13.5. The van der Waals surface area contributed by atoms with Crippen LogP contribution in [-0.4, -0.2) is 26.0 Å². The highest BCUT2D eigenvalue weighted by Crippen LogP contribution is 2.23. The Morgan fingerprint density at radius 1 is 1.14 bits per heavy atom. The number of aromatic amines is 2. The maximum absolute atomic E-state index is 12.2. The van der Waals surface area contributed by atoms with Crippen molar-refractivity contribution < 1.29 is 9.90 Å². The fourth-order valence-electron chi connectivity index (χ4n) is 2.39. The number of rotatable bonds is 2. The van der Waals surface area contributed by atoms with Crippen LogP contribution in [0.3, 0.4) is 0 Å². The van der Waals surface area contributed by atoms with Crippen LogP contribution < -0.4 is 5.56 Å². The third-order valence-electron chi connectivity index (χ3n) is 3.46. The molecule has 4 rings (SSSR count). The van der Waals surface area contributed by atoms with E-state index in [1.54, 1.807) is 18.2 Å². The van der Waals surface area contributed by atoms with Gasteiger partial charge in [-0.25, -0.2) is 9.78 Å². The van der Waals surface area contributed by atoms with E-state index in [2.05, 4.69) is 15.0 Å². The molecule has 3 aromatic heterocycles. The number of carboxylic acid groups (broad SMARTS) is 1. The summed E-state index contributed by atoms with van der Waals surface area (Å²) < 4.78 is 0. The second-order valence-corrected chi connectivity index (χ2v) is 5.62. The van der Waals surface area contributed by atoms with Crippen LogP contribution in [0.1, 0.15) is 10.4 Å². The van der Waals surface area contributed by atoms with Gasteiger partial charge < -0.3 is 15.1 Å². The molecule has 3 heterocycles. The molecule has 0 aliphatic carbocycles. The SMILES string of the molecule is O=C(O)c1ccc2cc(-c3nc4cscc4[nH]c3=O)[nH]c2c1. The second kappa shape index (κ2) is 4.54. The summed E-state index contributed by atoms with van der Waals surface area (Å²) in [6, 6.07) is 6.56. The number of fused-ring (bicyclic) bond motifs is 2. The predicted molar refractivity (Wildman–Crippen MR) is 84.5 cm³/mol. The summed E-state index contributed by atoms with van der Waals surface area (Å²) in [5.41, 5.74) is 2.85. The summed E-state index contributed by atoms with van der Waals surface area (Å²) in [6.07, 6.45) is 0. The number of aromatic carboxylic acids is 1. The Balaban J connectivity index is 1.93. The number of hydrogen-bond donors (Lipinski definition) is 3. The van der Waals surface area contributed by atoms with Crippen molar-refractivity contribution in [3.63, 3.8) is 0 Å². The van der Waals surface area contributed by atoms with Gasteiger partial charge in [-0.2, -0.15) is 0 Å². The Kier molecular flexibility index (Phi) is 2.64. The maximum atomic E-state index is 12.2. The van der Waals surface area contributed by atoms with E-state index in [1.165, 1.54) is 17.4 Å². The zero-order valence-corrected chi connectivity index (χ0v) is 11.9. The number of hydrogen-bond acceptors (Lipinski definition) is 4. The van der Waals surface area contributed by atoms with Crippen molar-refractivity contribution in [3.8, 4) is 11.4 Å². The van der Waals surface area contributed by atoms with Gasteiger partial charge in [-0.1, -0.05) is 6.07 Å². The summed E-state index contributed by atoms with van der Waals surface area (Å²) >= 11 is 1.47. The lowest BCUT2D eigenvalue weighted by Crippen LogP contribution is -2.10. The molecule has 0 bridgehead atoms. The molecule has 0 saturated carbocycles. The van der Waals surface area contributed by atoms with E-state index >= 15 is 0 Å². The molecule has 0 unspecified atom stereocenters. The topological polar surface area (TPSA) is 98.8 Å². The van der Waals surface area contributed by atoms with Crippen LogP contribution in [0.15, 0.2) is 39.8 Å². The quantitative estimate of drug-likeness (QED) is 0.530. The number of thiophene rings is 1. The summed E-state index contributed by atoms with van der Waals surface area (Å²) in [5.74, 6) is -0.992. The monoisotopic (exact) mass is 311 g/mol. The van der Waals surface area contributed by atoms with E-state index in [9.17, 15) is 9.59 Å². The molecular formula is C15H9N3O3S. The normalized spacial score (nSPS) is 11.3. The van der Waals surface area contributed by atoms with Crippen molar-refractivity contribution in [1.82, 2.24) is 15.0 Å². The first kappa shape index (κ1) is 12.8.